The van der Waals surface area contributed by atoms with Gasteiger partial charge in [-0.2, -0.15) is 0 Å². The van der Waals surface area contributed by atoms with Crippen molar-refractivity contribution >= 4 is 11.4 Å². The van der Waals surface area contributed by atoms with E-state index in [2.05, 4.69) is 31.0 Å². The van der Waals surface area contributed by atoms with Gasteiger partial charge in [-0.1, -0.05) is 32.9 Å². The largest absolute Gasteiger partial charge is 0.382 e. The number of hydrogen-bond donors (Lipinski definition) is 1. The molecule has 1 aromatic rings. The van der Waals surface area contributed by atoms with Gasteiger partial charge in [-0.25, -0.2) is 0 Å². The monoisotopic (exact) mass is 265 g/mol. The molecule has 0 aliphatic heterocycles. The van der Waals surface area contributed by atoms with Crippen LogP contribution in [0.3, 0.4) is 0 Å². The number of nitro groups is 1. The van der Waals surface area contributed by atoms with Gasteiger partial charge in [0.25, 0.3) is 5.69 Å². The number of anilines is 1. The summed E-state index contributed by atoms with van der Waals surface area (Å²) < 4.78 is 0. The quantitative estimate of drug-likeness (QED) is 0.656. The van der Waals surface area contributed by atoms with Crippen LogP contribution in [0.1, 0.15) is 26.3 Å². The van der Waals surface area contributed by atoms with Gasteiger partial charge in [-0.3, -0.25) is 10.1 Å². The van der Waals surface area contributed by atoms with Crippen molar-refractivity contribution in [3.05, 3.63) is 33.9 Å². The third kappa shape index (κ3) is 4.52. The Balaban J connectivity index is 2.95. The molecule has 1 N–H and O–H groups in total. The second-order valence-electron chi connectivity index (χ2n) is 6.05. The Kier molecular flexibility index (Phi) is 4.89. The first-order valence-electron chi connectivity index (χ1n) is 6.37. The molecular weight excluding hydrogens is 242 g/mol. The number of nitrogens with zero attached hydrogens (tertiary/aromatic N) is 2. The fourth-order valence-electron chi connectivity index (χ4n) is 2.32. The molecule has 5 heteroatoms. The van der Waals surface area contributed by atoms with E-state index in [0.717, 1.165) is 12.1 Å². The van der Waals surface area contributed by atoms with E-state index in [1.54, 1.807) is 13.1 Å². The zero-order valence-electron chi connectivity index (χ0n) is 12.4. The molecule has 106 valence electrons. The average molecular weight is 265 g/mol. The maximum Gasteiger partial charge on any atom is 0.292 e. The first-order chi connectivity index (χ1) is 8.74. The van der Waals surface area contributed by atoms with E-state index in [1.165, 1.54) is 6.07 Å². The Morgan fingerprint density at radius 3 is 2.47 bits per heavy atom. The number of hydrogen-bond acceptors (Lipinski definition) is 4. The summed E-state index contributed by atoms with van der Waals surface area (Å²) in [7, 11) is 3.75. The predicted octanol–water partition coefficient (Wildman–Crippen LogP) is 3.11. The van der Waals surface area contributed by atoms with E-state index >= 15 is 0 Å². The summed E-state index contributed by atoms with van der Waals surface area (Å²) in [6.07, 6.45) is 0. The van der Waals surface area contributed by atoms with E-state index in [1.807, 2.05) is 13.1 Å². The highest BCUT2D eigenvalue weighted by molar-refractivity contribution is 5.66. The van der Waals surface area contributed by atoms with Crippen molar-refractivity contribution in [1.29, 1.82) is 0 Å². The van der Waals surface area contributed by atoms with Gasteiger partial charge < -0.3 is 10.2 Å². The highest BCUT2D eigenvalue weighted by atomic mass is 16.6. The Morgan fingerprint density at radius 2 is 2.00 bits per heavy atom. The number of rotatable bonds is 5. The van der Waals surface area contributed by atoms with Crippen molar-refractivity contribution in [3.8, 4) is 0 Å². The lowest BCUT2D eigenvalue weighted by molar-refractivity contribution is -0.384. The third-order valence-corrected chi connectivity index (χ3v) is 2.76. The van der Waals surface area contributed by atoms with Crippen LogP contribution in [0.2, 0.25) is 0 Å². The SMILES string of the molecule is CNc1c(CN(C)CC(C)(C)C)cccc1[N+](=O)[O-]. The van der Waals surface area contributed by atoms with Gasteiger partial charge in [0.2, 0.25) is 0 Å². The molecule has 0 spiro atoms. The van der Waals surface area contributed by atoms with Crippen LogP contribution < -0.4 is 5.32 Å². The van der Waals surface area contributed by atoms with Crippen LogP contribution in [-0.4, -0.2) is 30.5 Å². The molecule has 0 saturated heterocycles. The maximum absolute atomic E-state index is 11.0. The molecule has 19 heavy (non-hydrogen) atoms. The molecule has 5 nitrogen and oxygen atoms in total. The van der Waals surface area contributed by atoms with Crippen LogP contribution in [0.4, 0.5) is 11.4 Å². The Labute approximate surface area is 114 Å². The molecule has 0 aromatic heterocycles. The predicted molar refractivity (Wildman–Crippen MR) is 78.4 cm³/mol. The summed E-state index contributed by atoms with van der Waals surface area (Å²) >= 11 is 0. The van der Waals surface area contributed by atoms with Gasteiger partial charge in [0, 0.05) is 26.2 Å². The first-order valence-corrected chi connectivity index (χ1v) is 6.37. The van der Waals surface area contributed by atoms with Gasteiger partial charge in [0.05, 0.1) is 4.92 Å². The summed E-state index contributed by atoms with van der Waals surface area (Å²) in [6, 6.07) is 5.19. The van der Waals surface area contributed by atoms with Crippen LogP contribution in [0.15, 0.2) is 18.2 Å². The minimum atomic E-state index is -0.348. The normalized spacial score (nSPS) is 11.7. The van der Waals surface area contributed by atoms with Crippen molar-refractivity contribution in [3.63, 3.8) is 0 Å². The van der Waals surface area contributed by atoms with Crippen molar-refractivity contribution in [2.45, 2.75) is 27.3 Å². The number of nitrogens with one attached hydrogen (secondary N) is 1. The van der Waals surface area contributed by atoms with Gasteiger partial charge in [0.1, 0.15) is 5.69 Å². The summed E-state index contributed by atoms with van der Waals surface area (Å²) in [5, 5.41) is 13.9. The van der Waals surface area contributed by atoms with Crippen molar-refractivity contribution in [1.82, 2.24) is 4.90 Å². The molecule has 0 heterocycles. The highest BCUT2D eigenvalue weighted by Crippen LogP contribution is 2.29. The Morgan fingerprint density at radius 1 is 1.37 bits per heavy atom. The minimum Gasteiger partial charge on any atom is -0.382 e. The molecule has 0 atom stereocenters. The number of benzene rings is 1. The smallest absolute Gasteiger partial charge is 0.292 e. The standard InChI is InChI=1S/C14H23N3O2/c1-14(2,3)10-16(5)9-11-7-6-8-12(17(18)19)13(11)15-4/h6-8,15H,9-10H2,1-5H3. The van der Waals surface area contributed by atoms with Crippen LogP contribution in [0.5, 0.6) is 0 Å². The third-order valence-electron chi connectivity index (χ3n) is 2.76. The maximum atomic E-state index is 11.0. The lowest BCUT2D eigenvalue weighted by Gasteiger charge is -2.27. The van der Waals surface area contributed by atoms with E-state index in [-0.39, 0.29) is 16.0 Å². The second-order valence-corrected chi connectivity index (χ2v) is 6.05. The van der Waals surface area contributed by atoms with Gasteiger partial charge in [0.15, 0.2) is 0 Å². The molecule has 0 saturated carbocycles. The van der Waals surface area contributed by atoms with Gasteiger partial charge >= 0.3 is 0 Å². The number of nitro benzene ring substituents is 1. The highest BCUT2D eigenvalue weighted by Gasteiger charge is 2.19. The van der Waals surface area contributed by atoms with Crippen LogP contribution in [0, 0.1) is 15.5 Å². The van der Waals surface area contributed by atoms with Gasteiger partial charge in [-0.05, 0) is 18.0 Å². The van der Waals surface area contributed by atoms with E-state index in [4.69, 9.17) is 0 Å². The van der Waals surface area contributed by atoms with Crippen LogP contribution in [0.25, 0.3) is 0 Å². The molecular formula is C14H23N3O2. The fourth-order valence-corrected chi connectivity index (χ4v) is 2.32. The zero-order chi connectivity index (χ0) is 14.6. The van der Waals surface area contributed by atoms with Gasteiger partial charge in [-0.15, -0.1) is 0 Å². The lowest BCUT2D eigenvalue weighted by atomic mass is 9.96. The van der Waals surface area contributed by atoms with Crippen LogP contribution in [-0.2, 0) is 6.54 Å². The molecule has 1 rings (SSSR count). The Hall–Kier alpha value is -1.62. The lowest BCUT2D eigenvalue weighted by Crippen LogP contribution is -2.29. The van der Waals surface area contributed by atoms with Crippen molar-refractivity contribution < 1.29 is 4.92 Å². The summed E-state index contributed by atoms with van der Waals surface area (Å²) in [6.45, 7) is 8.15. The van der Waals surface area contributed by atoms with E-state index < -0.39 is 0 Å². The average Bonchev–Trinajstić information content (AvgIpc) is 2.25. The summed E-state index contributed by atoms with van der Waals surface area (Å²) in [4.78, 5) is 12.8. The summed E-state index contributed by atoms with van der Waals surface area (Å²) in [5.74, 6) is 0. The molecule has 0 amide bonds. The minimum absolute atomic E-state index is 0.129. The zero-order valence-corrected chi connectivity index (χ0v) is 12.4. The second kappa shape index (κ2) is 6.02. The molecule has 1 aromatic carbocycles. The number of para-hydroxylation sites is 1. The van der Waals surface area contributed by atoms with Crippen molar-refractivity contribution in [2.24, 2.45) is 5.41 Å². The van der Waals surface area contributed by atoms with E-state index in [0.29, 0.717) is 12.2 Å². The fraction of sp³-hybridized carbons (Fsp3) is 0.571. The first kappa shape index (κ1) is 15.4. The topological polar surface area (TPSA) is 58.4 Å². The molecule has 0 aliphatic carbocycles. The molecule has 0 unspecified atom stereocenters. The van der Waals surface area contributed by atoms with E-state index in [9.17, 15) is 10.1 Å². The summed E-state index contributed by atoms with van der Waals surface area (Å²) in [5.41, 5.74) is 1.89. The van der Waals surface area contributed by atoms with Crippen molar-refractivity contribution in [2.75, 3.05) is 26.0 Å². The molecule has 0 fully saturated rings. The molecule has 0 bridgehead atoms. The molecule has 0 radical (unpaired) electrons. The van der Waals surface area contributed by atoms with Crippen LogP contribution >= 0.6 is 0 Å². The Bertz CT molecular complexity index is 452. The molecule has 0 aliphatic rings.